The van der Waals surface area contributed by atoms with E-state index in [1.54, 1.807) is 19.2 Å². The molecule has 1 atom stereocenters. The summed E-state index contributed by atoms with van der Waals surface area (Å²) in [5.74, 6) is 2.96. The van der Waals surface area contributed by atoms with Crippen molar-refractivity contribution < 1.29 is 13.6 Å². The molecular formula is C27H35ClFN3O2SSi. The summed E-state index contributed by atoms with van der Waals surface area (Å²) in [5.41, 5.74) is 2.58. The summed E-state index contributed by atoms with van der Waals surface area (Å²) >= 11 is 7.95. The Morgan fingerprint density at radius 2 is 1.83 bits per heavy atom. The molecule has 1 aromatic heterocycles. The number of hydrogen-bond donors (Lipinski definition) is 0. The molecule has 4 rings (SSSR count). The molecule has 0 amide bonds. The fourth-order valence-electron chi connectivity index (χ4n) is 4.04. The Hall–Kier alpha value is -1.87. The fourth-order valence-corrected chi connectivity index (χ4v) is 6.58. The third-order valence-corrected chi connectivity index (χ3v) is 13.5. The molecule has 0 fully saturated rings. The maximum atomic E-state index is 13.6. The van der Waals surface area contributed by atoms with Gasteiger partial charge in [-0.1, -0.05) is 44.5 Å². The van der Waals surface area contributed by atoms with Gasteiger partial charge < -0.3 is 13.7 Å². The zero-order valence-electron chi connectivity index (χ0n) is 22.1. The first kappa shape index (κ1) is 27.2. The predicted octanol–water partition coefficient (Wildman–Crippen LogP) is 7.48. The molecule has 9 heteroatoms. The SMILES string of the molecule is COc1cc(-c2ccc(F)c(Cl)c2)ccc1-c1nnc2n1CCSC(C)(CO[Si](C)(C)C(C)(C)C)C2. The molecule has 2 heterocycles. The van der Waals surface area contributed by atoms with Gasteiger partial charge in [0.05, 0.1) is 17.7 Å². The van der Waals surface area contributed by atoms with Gasteiger partial charge in [0.15, 0.2) is 14.1 Å². The molecule has 0 N–H and O–H groups in total. The molecule has 0 saturated heterocycles. The number of rotatable bonds is 6. The van der Waals surface area contributed by atoms with Gasteiger partial charge in [-0.2, -0.15) is 11.8 Å². The van der Waals surface area contributed by atoms with Crippen LogP contribution in [0.25, 0.3) is 22.5 Å². The normalized spacial score (nSPS) is 18.6. The molecule has 1 aliphatic rings. The topological polar surface area (TPSA) is 49.2 Å². The lowest BCUT2D eigenvalue weighted by Gasteiger charge is -2.39. The maximum Gasteiger partial charge on any atom is 0.192 e. The lowest BCUT2D eigenvalue weighted by Crippen LogP contribution is -2.45. The number of nitrogens with zero attached hydrogens (tertiary/aromatic N) is 3. The maximum absolute atomic E-state index is 13.6. The van der Waals surface area contributed by atoms with E-state index in [0.717, 1.165) is 47.1 Å². The van der Waals surface area contributed by atoms with Crippen LogP contribution in [0, 0.1) is 5.82 Å². The number of benzene rings is 2. The standard InChI is InChI=1S/C27H35ClFN3O2SSi/c1-26(2,3)36(6,7)34-17-27(4)16-24-30-31-25(32(24)12-13-35-27)20-10-8-19(15-23(20)33-5)18-9-11-22(29)21(28)14-18/h8-11,14-15H,12-13,16-17H2,1-7H3. The second-order valence-electron chi connectivity index (χ2n) is 11.2. The molecule has 0 spiro atoms. The Morgan fingerprint density at radius 1 is 1.14 bits per heavy atom. The molecule has 2 aromatic carbocycles. The molecule has 5 nitrogen and oxygen atoms in total. The molecule has 3 aromatic rings. The van der Waals surface area contributed by atoms with Gasteiger partial charge in [-0.25, -0.2) is 4.39 Å². The molecule has 194 valence electrons. The molecule has 36 heavy (non-hydrogen) atoms. The number of aromatic nitrogens is 3. The number of halogens is 2. The molecule has 1 unspecified atom stereocenters. The van der Waals surface area contributed by atoms with Gasteiger partial charge >= 0.3 is 0 Å². The molecule has 0 saturated carbocycles. The zero-order valence-corrected chi connectivity index (χ0v) is 24.7. The van der Waals surface area contributed by atoms with Crippen LogP contribution in [0.4, 0.5) is 4.39 Å². The summed E-state index contributed by atoms with van der Waals surface area (Å²) in [7, 11) is -0.202. The Bertz CT molecular complexity index is 1260. The minimum Gasteiger partial charge on any atom is -0.496 e. The van der Waals surface area contributed by atoms with Crippen LogP contribution in [-0.2, 0) is 17.4 Å². The van der Waals surface area contributed by atoms with Crippen molar-refractivity contribution in [3.8, 4) is 28.3 Å². The van der Waals surface area contributed by atoms with Crippen LogP contribution in [0.15, 0.2) is 36.4 Å². The van der Waals surface area contributed by atoms with Crippen molar-refractivity contribution in [2.45, 2.75) is 63.5 Å². The average Bonchev–Trinajstić information content (AvgIpc) is 3.11. The van der Waals surface area contributed by atoms with E-state index in [1.165, 1.54) is 6.07 Å². The van der Waals surface area contributed by atoms with Crippen LogP contribution in [0.1, 0.15) is 33.5 Å². The molecule has 1 aliphatic heterocycles. The Balaban J connectivity index is 1.61. The summed E-state index contributed by atoms with van der Waals surface area (Å²) in [4.78, 5) is 0. The summed E-state index contributed by atoms with van der Waals surface area (Å²) in [6, 6.07) is 10.6. The highest BCUT2D eigenvalue weighted by Gasteiger charge is 2.40. The van der Waals surface area contributed by atoms with Crippen molar-refractivity contribution in [2.75, 3.05) is 19.5 Å². The van der Waals surface area contributed by atoms with E-state index in [1.807, 2.05) is 30.0 Å². The van der Waals surface area contributed by atoms with Crippen LogP contribution in [0.5, 0.6) is 5.75 Å². The summed E-state index contributed by atoms with van der Waals surface area (Å²) in [5, 5.41) is 9.45. The highest BCUT2D eigenvalue weighted by Crippen LogP contribution is 2.41. The number of methoxy groups -OCH3 is 1. The van der Waals surface area contributed by atoms with E-state index in [2.05, 4.69) is 55.6 Å². The average molecular weight is 548 g/mol. The van der Waals surface area contributed by atoms with Crippen molar-refractivity contribution in [2.24, 2.45) is 0 Å². The van der Waals surface area contributed by atoms with E-state index in [4.69, 9.17) is 20.8 Å². The van der Waals surface area contributed by atoms with E-state index < -0.39 is 14.1 Å². The van der Waals surface area contributed by atoms with Crippen molar-refractivity contribution in [1.82, 2.24) is 14.8 Å². The number of hydrogen-bond acceptors (Lipinski definition) is 5. The third kappa shape index (κ3) is 5.52. The highest BCUT2D eigenvalue weighted by molar-refractivity contribution is 8.00. The summed E-state index contributed by atoms with van der Waals surface area (Å²) in [6.45, 7) is 15.2. The number of fused-ring (bicyclic) bond motifs is 1. The van der Waals surface area contributed by atoms with Crippen LogP contribution < -0.4 is 4.74 Å². The van der Waals surface area contributed by atoms with Crippen molar-refractivity contribution >= 4 is 31.7 Å². The van der Waals surface area contributed by atoms with E-state index in [9.17, 15) is 4.39 Å². The number of thioether (sulfide) groups is 1. The van der Waals surface area contributed by atoms with Crippen molar-refractivity contribution in [3.63, 3.8) is 0 Å². The second kappa shape index (κ2) is 10.1. The minimum atomic E-state index is -1.85. The second-order valence-corrected chi connectivity index (χ2v) is 18.1. The van der Waals surface area contributed by atoms with Gasteiger partial charge in [0, 0.05) is 30.1 Å². The molecular weight excluding hydrogens is 513 g/mol. The summed E-state index contributed by atoms with van der Waals surface area (Å²) < 4.78 is 28.1. The Kier molecular flexibility index (Phi) is 7.64. The largest absolute Gasteiger partial charge is 0.496 e. The van der Waals surface area contributed by atoms with Crippen molar-refractivity contribution in [3.05, 3.63) is 53.1 Å². The third-order valence-electron chi connectivity index (χ3n) is 7.36. The lowest BCUT2D eigenvalue weighted by atomic mass is 10.0. The molecule has 0 radical (unpaired) electrons. The first-order chi connectivity index (χ1) is 16.8. The van der Waals surface area contributed by atoms with E-state index in [-0.39, 0.29) is 14.8 Å². The van der Waals surface area contributed by atoms with E-state index >= 15 is 0 Å². The minimum absolute atomic E-state index is 0.0656. The van der Waals surface area contributed by atoms with Gasteiger partial charge in [-0.3, -0.25) is 0 Å². The highest BCUT2D eigenvalue weighted by atomic mass is 35.5. The van der Waals surface area contributed by atoms with Crippen LogP contribution in [-0.4, -0.2) is 47.3 Å². The predicted molar refractivity (Wildman–Crippen MR) is 150 cm³/mol. The van der Waals surface area contributed by atoms with Gasteiger partial charge in [-0.15, -0.1) is 10.2 Å². The molecule has 0 aliphatic carbocycles. The monoisotopic (exact) mass is 547 g/mol. The van der Waals surface area contributed by atoms with Crippen LogP contribution in [0.2, 0.25) is 23.2 Å². The Morgan fingerprint density at radius 3 is 2.50 bits per heavy atom. The lowest BCUT2D eigenvalue weighted by molar-refractivity contribution is 0.252. The van der Waals surface area contributed by atoms with Gasteiger partial charge in [-0.05, 0) is 60.4 Å². The zero-order chi connectivity index (χ0) is 26.3. The van der Waals surface area contributed by atoms with Gasteiger partial charge in [0.2, 0.25) is 0 Å². The van der Waals surface area contributed by atoms with Crippen LogP contribution >= 0.6 is 23.4 Å². The summed E-state index contributed by atoms with van der Waals surface area (Å²) in [6.07, 6.45) is 0.785. The quantitative estimate of drug-likeness (QED) is 0.299. The van der Waals surface area contributed by atoms with Gasteiger partial charge in [0.1, 0.15) is 17.4 Å². The number of ether oxygens (including phenoxy) is 1. The Labute approximate surface area is 223 Å². The first-order valence-electron chi connectivity index (χ1n) is 12.2. The van der Waals surface area contributed by atoms with Crippen molar-refractivity contribution in [1.29, 1.82) is 0 Å². The molecule has 0 bridgehead atoms. The smallest absolute Gasteiger partial charge is 0.192 e. The van der Waals surface area contributed by atoms with Gasteiger partial charge in [0.25, 0.3) is 0 Å². The fraction of sp³-hybridized carbons (Fsp3) is 0.481. The first-order valence-corrected chi connectivity index (χ1v) is 16.4. The van der Waals surface area contributed by atoms with E-state index in [0.29, 0.717) is 12.4 Å². The van der Waals surface area contributed by atoms with Crippen LogP contribution in [0.3, 0.4) is 0 Å².